The van der Waals surface area contributed by atoms with E-state index in [1.165, 1.54) is 30.0 Å². The van der Waals surface area contributed by atoms with Crippen molar-refractivity contribution in [3.63, 3.8) is 0 Å². The quantitative estimate of drug-likeness (QED) is 0.407. The van der Waals surface area contributed by atoms with Crippen LogP contribution >= 0.6 is 39.1 Å². The van der Waals surface area contributed by atoms with E-state index in [-0.39, 0.29) is 22.2 Å². The Kier molecular flexibility index (Phi) is 6.88. The van der Waals surface area contributed by atoms with E-state index in [0.29, 0.717) is 10.5 Å². The smallest absolute Gasteiger partial charge is 0.299 e. The molecule has 2 aromatic carbocycles. The molecule has 0 aromatic heterocycles. The number of rotatable bonds is 3. The van der Waals surface area contributed by atoms with Gasteiger partial charge >= 0.3 is 12.1 Å². The largest absolute Gasteiger partial charge is 0.471 e. The SMILES string of the molecule is CC(C)(C)C1N(c2cc(Cl)cc(Cl)c2)C(=O)C(C)(Cc2ccc(Br)cc2)N1C(=O)C(F)(F)F. The Morgan fingerprint density at radius 1 is 1.06 bits per heavy atom. The van der Waals surface area contributed by atoms with Gasteiger partial charge in [0, 0.05) is 32.0 Å². The summed E-state index contributed by atoms with van der Waals surface area (Å²) in [6.07, 6.45) is -6.53. The zero-order valence-electron chi connectivity index (χ0n) is 18.3. The highest BCUT2D eigenvalue weighted by Crippen LogP contribution is 2.46. The summed E-state index contributed by atoms with van der Waals surface area (Å²) in [5.41, 5.74) is -1.93. The maximum atomic E-state index is 13.9. The van der Waals surface area contributed by atoms with Gasteiger partial charge in [0.1, 0.15) is 11.7 Å². The van der Waals surface area contributed by atoms with Crippen LogP contribution < -0.4 is 4.90 Å². The van der Waals surface area contributed by atoms with Crippen LogP contribution in [0.25, 0.3) is 0 Å². The zero-order valence-corrected chi connectivity index (χ0v) is 21.4. The highest BCUT2D eigenvalue weighted by atomic mass is 79.9. The molecule has 1 fully saturated rings. The molecule has 3 rings (SSSR count). The first-order valence-corrected chi connectivity index (χ1v) is 11.6. The lowest BCUT2D eigenvalue weighted by Gasteiger charge is -2.42. The Morgan fingerprint density at radius 3 is 2.03 bits per heavy atom. The topological polar surface area (TPSA) is 40.6 Å². The second kappa shape index (κ2) is 8.78. The van der Waals surface area contributed by atoms with E-state index in [2.05, 4.69) is 15.9 Å². The number of carbonyl (C=O) groups is 2. The summed E-state index contributed by atoms with van der Waals surface area (Å²) in [5.74, 6) is -2.73. The van der Waals surface area contributed by atoms with E-state index < -0.39 is 35.1 Å². The molecule has 2 amide bonds. The number of amides is 2. The van der Waals surface area contributed by atoms with Crippen molar-refractivity contribution in [1.82, 2.24) is 4.90 Å². The monoisotopic (exact) mass is 564 g/mol. The van der Waals surface area contributed by atoms with Gasteiger partial charge in [0.25, 0.3) is 5.91 Å². The van der Waals surface area contributed by atoms with E-state index in [1.807, 2.05) is 0 Å². The van der Waals surface area contributed by atoms with Gasteiger partial charge in [-0.25, -0.2) is 0 Å². The van der Waals surface area contributed by atoms with Crippen LogP contribution in [-0.2, 0) is 16.0 Å². The van der Waals surface area contributed by atoms with Crippen molar-refractivity contribution in [1.29, 1.82) is 0 Å². The van der Waals surface area contributed by atoms with Crippen LogP contribution in [0.3, 0.4) is 0 Å². The van der Waals surface area contributed by atoms with Crippen LogP contribution in [0.1, 0.15) is 33.3 Å². The third-order valence-corrected chi connectivity index (χ3v) is 6.49. The number of hydrogen-bond acceptors (Lipinski definition) is 2. The van der Waals surface area contributed by atoms with E-state index in [1.54, 1.807) is 45.0 Å². The molecule has 33 heavy (non-hydrogen) atoms. The molecule has 0 spiro atoms. The first kappa shape index (κ1) is 25.8. The van der Waals surface area contributed by atoms with Crippen LogP contribution in [-0.4, -0.2) is 34.6 Å². The summed E-state index contributed by atoms with van der Waals surface area (Å²) in [5, 5.41) is 0.432. The molecule has 1 saturated heterocycles. The molecule has 0 radical (unpaired) electrons. The minimum Gasteiger partial charge on any atom is -0.299 e. The second-order valence-corrected chi connectivity index (χ2v) is 11.1. The van der Waals surface area contributed by atoms with Crippen molar-refractivity contribution < 1.29 is 22.8 Å². The third kappa shape index (κ3) is 5.03. The fraction of sp³-hybridized carbons (Fsp3) is 0.391. The summed E-state index contributed by atoms with van der Waals surface area (Å²) < 4.78 is 42.2. The average molecular weight is 566 g/mol. The molecule has 1 aliphatic heterocycles. The van der Waals surface area contributed by atoms with Crippen LogP contribution in [0, 0.1) is 5.41 Å². The fourth-order valence-electron chi connectivity index (χ4n) is 4.20. The standard InChI is InChI=1S/C23H22BrCl2F3N2O2/c1-21(2,3)18-30(17-10-15(25)9-16(26)11-17)19(32)22(4,31(18)20(33)23(27,28)29)12-13-5-7-14(24)8-6-13/h5-11,18H,12H2,1-4H3. The molecule has 1 heterocycles. The van der Waals surface area contributed by atoms with Gasteiger partial charge in [-0.3, -0.25) is 19.4 Å². The maximum Gasteiger partial charge on any atom is 0.471 e. The number of anilines is 1. The molecule has 2 unspecified atom stereocenters. The molecule has 178 valence electrons. The third-order valence-electron chi connectivity index (χ3n) is 5.52. The first-order chi connectivity index (χ1) is 15.1. The molecule has 2 aromatic rings. The minimum absolute atomic E-state index is 0.113. The number of nitrogens with zero attached hydrogens (tertiary/aromatic N) is 2. The van der Waals surface area contributed by atoms with Gasteiger partial charge in [-0.1, -0.05) is 72.0 Å². The van der Waals surface area contributed by atoms with E-state index in [0.717, 1.165) is 4.47 Å². The van der Waals surface area contributed by atoms with Gasteiger partial charge in [0.15, 0.2) is 0 Å². The van der Waals surface area contributed by atoms with Crippen molar-refractivity contribution in [3.05, 3.63) is 62.5 Å². The Morgan fingerprint density at radius 2 is 1.58 bits per heavy atom. The molecule has 0 aliphatic carbocycles. The van der Waals surface area contributed by atoms with Crippen LogP contribution in [0.5, 0.6) is 0 Å². The molecule has 0 bridgehead atoms. The van der Waals surface area contributed by atoms with E-state index in [4.69, 9.17) is 23.2 Å². The van der Waals surface area contributed by atoms with Crippen LogP contribution in [0.4, 0.5) is 18.9 Å². The van der Waals surface area contributed by atoms with Crippen LogP contribution in [0.2, 0.25) is 10.0 Å². The molecule has 4 nitrogen and oxygen atoms in total. The predicted octanol–water partition coefficient (Wildman–Crippen LogP) is 6.87. The highest BCUT2D eigenvalue weighted by Gasteiger charge is 2.64. The number of hydrogen-bond donors (Lipinski definition) is 0. The van der Waals surface area contributed by atoms with Crippen molar-refractivity contribution in [3.8, 4) is 0 Å². The highest BCUT2D eigenvalue weighted by molar-refractivity contribution is 9.10. The van der Waals surface area contributed by atoms with E-state index >= 15 is 0 Å². The molecule has 2 atom stereocenters. The molecule has 0 saturated carbocycles. The molecule has 10 heteroatoms. The van der Waals surface area contributed by atoms with Crippen molar-refractivity contribution >= 4 is 56.6 Å². The molecular weight excluding hydrogens is 544 g/mol. The zero-order chi connectivity index (χ0) is 24.9. The van der Waals surface area contributed by atoms with Gasteiger partial charge in [0.05, 0.1) is 0 Å². The van der Waals surface area contributed by atoms with Crippen LogP contribution in [0.15, 0.2) is 46.9 Å². The molecular formula is C23H22BrCl2F3N2O2. The summed E-state index contributed by atoms with van der Waals surface area (Å²) >= 11 is 15.6. The summed E-state index contributed by atoms with van der Waals surface area (Å²) in [7, 11) is 0. The Bertz CT molecular complexity index is 1070. The molecule has 1 aliphatic rings. The van der Waals surface area contributed by atoms with E-state index in [9.17, 15) is 22.8 Å². The normalized spacial score (nSPS) is 21.6. The van der Waals surface area contributed by atoms with Crippen molar-refractivity contribution in [2.45, 2.75) is 52.0 Å². The van der Waals surface area contributed by atoms with Gasteiger partial charge in [-0.15, -0.1) is 0 Å². The van der Waals surface area contributed by atoms with Gasteiger partial charge in [-0.05, 0) is 42.8 Å². The summed E-state index contributed by atoms with van der Waals surface area (Å²) in [6.45, 7) is 6.39. The van der Waals surface area contributed by atoms with Gasteiger partial charge in [0.2, 0.25) is 0 Å². The Hall–Kier alpha value is -1.77. The molecule has 0 N–H and O–H groups in total. The lowest BCUT2D eigenvalue weighted by Crippen LogP contribution is -2.59. The fourth-order valence-corrected chi connectivity index (χ4v) is 4.98. The summed E-state index contributed by atoms with van der Waals surface area (Å²) in [6, 6.07) is 11.2. The lowest BCUT2D eigenvalue weighted by molar-refractivity contribution is -0.194. The lowest BCUT2D eigenvalue weighted by atomic mass is 9.87. The average Bonchev–Trinajstić information content (AvgIpc) is 2.89. The Balaban J connectivity index is 2.26. The first-order valence-electron chi connectivity index (χ1n) is 10.0. The van der Waals surface area contributed by atoms with Gasteiger partial charge < -0.3 is 0 Å². The number of carbonyl (C=O) groups excluding carboxylic acids is 2. The van der Waals surface area contributed by atoms with Gasteiger partial charge in [-0.2, -0.15) is 13.2 Å². The van der Waals surface area contributed by atoms with Crippen molar-refractivity contribution in [2.75, 3.05) is 4.90 Å². The maximum absolute atomic E-state index is 13.9. The Labute approximate surface area is 208 Å². The van der Waals surface area contributed by atoms with Crippen molar-refractivity contribution in [2.24, 2.45) is 5.41 Å². The number of benzene rings is 2. The summed E-state index contributed by atoms with van der Waals surface area (Å²) in [4.78, 5) is 28.6. The number of alkyl halides is 3. The minimum atomic E-state index is -5.17. The second-order valence-electron chi connectivity index (χ2n) is 9.29. The predicted molar refractivity (Wildman–Crippen MR) is 126 cm³/mol. The number of halogens is 6.